The van der Waals surface area contributed by atoms with E-state index in [0.29, 0.717) is 6.42 Å². The Hall–Kier alpha value is -2.33. The number of aryl methyl sites for hydroxylation is 1. The summed E-state index contributed by atoms with van der Waals surface area (Å²) in [6.45, 7) is 2.98. The monoisotopic (exact) mass is 281 g/mol. The molecule has 1 aromatic carbocycles. The molecule has 2 heterocycles. The van der Waals surface area contributed by atoms with Crippen LogP contribution in [-0.2, 0) is 13.0 Å². The molecule has 0 atom stereocenters. The van der Waals surface area contributed by atoms with Gasteiger partial charge in [0.1, 0.15) is 5.65 Å². The van der Waals surface area contributed by atoms with Crippen LogP contribution in [0.2, 0.25) is 0 Å². The SMILES string of the molecule is Cc1ccn2c(CNc3ccc(CCO)cc3)cnc2c1. The van der Waals surface area contributed by atoms with Gasteiger partial charge in [0.25, 0.3) is 0 Å². The van der Waals surface area contributed by atoms with Crippen molar-refractivity contribution in [1.82, 2.24) is 9.38 Å². The van der Waals surface area contributed by atoms with Gasteiger partial charge in [-0.25, -0.2) is 4.98 Å². The third-order valence-electron chi connectivity index (χ3n) is 3.57. The van der Waals surface area contributed by atoms with Crippen LogP contribution in [0.5, 0.6) is 0 Å². The van der Waals surface area contributed by atoms with Crippen molar-refractivity contribution in [1.29, 1.82) is 0 Å². The summed E-state index contributed by atoms with van der Waals surface area (Å²) in [6.07, 6.45) is 4.66. The van der Waals surface area contributed by atoms with Gasteiger partial charge in [0.2, 0.25) is 0 Å². The summed E-state index contributed by atoms with van der Waals surface area (Å²) in [6, 6.07) is 12.3. The van der Waals surface area contributed by atoms with E-state index in [-0.39, 0.29) is 6.61 Å². The standard InChI is InChI=1S/C17H19N3O/c1-13-6-8-20-16(12-19-17(20)10-13)11-18-15-4-2-14(3-5-15)7-9-21/h2-6,8,10,12,18,21H,7,9,11H2,1H3. The van der Waals surface area contributed by atoms with Gasteiger partial charge in [0.05, 0.1) is 18.4 Å². The molecule has 0 amide bonds. The Labute approximate surface area is 124 Å². The number of aliphatic hydroxyl groups is 1. The Bertz CT molecular complexity index is 731. The van der Waals surface area contributed by atoms with Crippen molar-refractivity contribution in [3.05, 3.63) is 65.6 Å². The topological polar surface area (TPSA) is 49.6 Å². The number of hydrogen-bond donors (Lipinski definition) is 2. The van der Waals surface area contributed by atoms with Crippen LogP contribution in [0.3, 0.4) is 0 Å². The Balaban J connectivity index is 1.71. The highest BCUT2D eigenvalue weighted by Gasteiger charge is 2.03. The zero-order chi connectivity index (χ0) is 14.7. The Morgan fingerprint density at radius 3 is 2.76 bits per heavy atom. The molecule has 2 aromatic heterocycles. The number of aromatic nitrogens is 2. The molecule has 21 heavy (non-hydrogen) atoms. The normalized spacial score (nSPS) is 11.0. The molecule has 0 bridgehead atoms. The largest absolute Gasteiger partial charge is 0.396 e. The summed E-state index contributed by atoms with van der Waals surface area (Å²) in [5, 5.41) is 12.3. The first-order chi connectivity index (χ1) is 10.3. The Kier molecular flexibility index (Phi) is 3.88. The predicted molar refractivity (Wildman–Crippen MR) is 84.5 cm³/mol. The van der Waals surface area contributed by atoms with Gasteiger partial charge in [-0.3, -0.25) is 0 Å². The summed E-state index contributed by atoms with van der Waals surface area (Å²) >= 11 is 0. The molecule has 0 saturated heterocycles. The molecular weight excluding hydrogens is 262 g/mol. The third-order valence-corrected chi connectivity index (χ3v) is 3.57. The number of fused-ring (bicyclic) bond motifs is 1. The molecule has 0 spiro atoms. The fourth-order valence-corrected chi connectivity index (χ4v) is 2.38. The number of anilines is 1. The highest BCUT2D eigenvalue weighted by atomic mass is 16.2. The molecule has 108 valence electrons. The van der Waals surface area contributed by atoms with Crippen molar-refractivity contribution in [2.24, 2.45) is 0 Å². The fraction of sp³-hybridized carbons (Fsp3) is 0.235. The summed E-state index contributed by atoms with van der Waals surface area (Å²) in [7, 11) is 0. The lowest BCUT2D eigenvalue weighted by atomic mass is 10.1. The average molecular weight is 281 g/mol. The van der Waals surface area contributed by atoms with E-state index in [1.54, 1.807) is 0 Å². The second kappa shape index (κ2) is 5.97. The molecule has 0 unspecified atom stereocenters. The van der Waals surface area contributed by atoms with E-state index in [9.17, 15) is 0 Å². The highest BCUT2D eigenvalue weighted by Crippen LogP contribution is 2.13. The van der Waals surface area contributed by atoms with Crippen molar-refractivity contribution < 1.29 is 5.11 Å². The lowest BCUT2D eigenvalue weighted by Crippen LogP contribution is -2.02. The number of rotatable bonds is 5. The van der Waals surface area contributed by atoms with Crippen LogP contribution in [0.4, 0.5) is 5.69 Å². The number of pyridine rings is 1. The minimum atomic E-state index is 0.188. The maximum absolute atomic E-state index is 8.91. The van der Waals surface area contributed by atoms with E-state index < -0.39 is 0 Å². The van der Waals surface area contributed by atoms with Crippen LogP contribution in [0, 0.1) is 6.92 Å². The quantitative estimate of drug-likeness (QED) is 0.756. The van der Waals surface area contributed by atoms with Crippen LogP contribution in [0.1, 0.15) is 16.8 Å². The van der Waals surface area contributed by atoms with Gasteiger partial charge in [0, 0.05) is 18.5 Å². The lowest BCUT2D eigenvalue weighted by Gasteiger charge is -2.07. The van der Waals surface area contributed by atoms with Crippen LogP contribution in [-0.4, -0.2) is 21.1 Å². The second-order valence-electron chi connectivity index (χ2n) is 5.21. The van der Waals surface area contributed by atoms with Crippen molar-refractivity contribution in [3.63, 3.8) is 0 Å². The van der Waals surface area contributed by atoms with Gasteiger partial charge < -0.3 is 14.8 Å². The summed E-state index contributed by atoms with van der Waals surface area (Å²) < 4.78 is 2.10. The van der Waals surface area contributed by atoms with Crippen molar-refractivity contribution in [2.75, 3.05) is 11.9 Å². The fourth-order valence-electron chi connectivity index (χ4n) is 2.38. The molecule has 3 rings (SSSR count). The summed E-state index contributed by atoms with van der Waals surface area (Å²) in [5.41, 5.74) is 5.54. The van der Waals surface area contributed by atoms with E-state index in [1.165, 1.54) is 5.56 Å². The maximum Gasteiger partial charge on any atom is 0.137 e. The second-order valence-corrected chi connectivity index (χ2v) is 5.21. The van der Waals surface area contributed by atoms with Gasteiger partial charge in [-0.05, 0) is 48.7 Å². The van der Waals surface area contributed by atoms with Crippen LogP contribution in [0.25, 0.3) is 5.65 Å². The minimum absolute atomic E-state index is 0.188. The average Bonchev–Trinajstić information content (AvgIpc) is 2.89. The number of aliphatic hydroxyl groups excluding tert-OH is 1. The summed E-state index contributed by atoms with van der Waals surface area (Å²) in [5.74, 6) is 0. The number of nitrogens with zero attached hydrogens (tertiary/aromatic N) is 2. The molecule has 2 N–H and O–H groups in total. The maximum atomic E-state index is 8.91. The van der Waals surface area contributed by atoms with E-state index in [1.807, 2.05) is 30.5 Å². The van der Waals surface area contributed by atoms with Crippen molar-refractivity contribution in [3.8, 4) is 0 Å². The molecule has 0 aliphatic carbocycles. The van der Waals surface area contributed by atoms with E-state index in [4.69, 9.17) is 5.11 Å². The molecule has 0 saturated carbocycles. The molecule has 0 aliphatic rings. The van der Waals surface area contributed by atoms with Gasteiger partial charge in [-0.15, -0.1) is 0 Å². The highest BCUT2D eigenvalue weighted by molar-refractivity contribution is 5.47. The molecule has 0 radical (unpaired) electrons. The molecule has 0 aliphatic heterocycles. The molecule has 3 aromatic rings. The van der Waals surface area contributed by atoms with Gasteiger partial charge >= 0.3 is 0 Å². The lowest BCUT2D eigenvalue weighted by molar-refractivity contribution is 0.299. The predicted octanol–water partition coefficient (Wildman–Crippen LogP) is 2.79. The van der Waals surface area contributed by atoms with Crippen LogP contribution < -0.4 is 5.32 Å². The van der Waals surface area contributed by atoms with E-state index in [2.05, 4.69) is 40.0 Å². The molecule has 0 fully saturated rings. The van der Waals surface area contributed by atoms with Crippen molar-refractivity contribution >= 4 is 11.3 Å². The van der Waals surface area contributed by atoms with Gasteiger partial charge in [-0.1, -0.05) is 12.1 Å². The molecular formula is C17H19N3O. The number of imidazole rings is 1. The molecule has 4 heteroatoms. The zero-order valence-corrected chi connectivity index (χ0v) is 12.1. The van der Waals surface area contributed by atoms with Gasteiger partial charge in [0.15, 0.2) is 0 Å². The van der Waals surface area contributed by atoms with Crippen LogP contribution >= 0.6 is 0 Å². The first-order valence-corrected chi connectivity index (χ1v) is 7.12. The molecule has 4 nitrogen and oxygen atoms in total. The van der Waals surface area contributed by atoms with E-state index >= 15 is 0 Å². The Morgan fingerprint density at radius 2 is 2.00 bits per heavy atom. The minimum Gasteiger partial charge on any atom is -0.396 e. The third kappa shape index (κ3) is 3.06. The van der Waals surface area contributed by atoms with Gasteiger partial charge in [-0.2, -0.15) is 0 Å². The first kappa shape index (κ1) is 13.6. The zero-order valence-electron chi connectivity index (χ0n) is 12.1. The smallest absolute Gasteiger partial charge is 0.137 e. The number of nitrogens with one attached hydrogen (secondary N) is 1. The van der Waals surface area contributed by atoms with E-state index in [0.717, 1.165) is 29.1 Å². The summed E-state index contributed by atoms with van der Waals surface area (Å²) in [4.78, 5) is 4.43. The van der Waals surface area contributed by atoms with Crippen molar-refractivity contribution in [2.45, 2.75) is 19.9 Å². The Morgan fingerprint density at radius 1 is 1.19 bits per heavy atom. The van der Waals surface area contributed by atoms with Crippen LogP contribution in [0.15, 0.2) is 48.8 Å². The number of benzene rings is 1. The first-order valence-electron chi connectivity index (χ1n) is 7.12. The number of hydrogen-bond acceptors (Lipinski definition) is 3.